The highest BCUT2D eigenvalue weighted by Crippen LogP contribution is 2.14. The van der Waals surface area contributed by atoms with Crippen LogP contribution in [0.2, 0.25) is 0 Å². The number of rotatable bonds is 1. The normalized spacial score (nSPS) is 25.8. The van der Waals surface area contributed by atoms with E-state index in [-0.39, 0.29) is 11.9 Å². The Bertz CT molecular complexity index is 390. The van der Waals surface area contributed by atoms with Crippen molar-refractivity contribution in [1.82, 2.24) is 15.2 Å². The number of nitrogens with zero attached hydrogens (tertiary/aromatic N) is 1. The van der Waals surface area contributed by atoms with Gasteiger partial charge in [-0.3, -0.25) is 4.79 Å². The fourth-order valence-electron chi connectivity index (χ4n) is 1.99. The minimum Gasteiger partial charge on any atom is -0.356 e. The van der Waals surface area contributed by atoms with E-state index in [1.165, 1.54) is 0 Å². The summed E-state index contributed by atoms with van der Waals surface area (Å²) in [5.74, 6) is 0.101. The van der Waals surface area contributed by atoms with E-state index < -0.39 is 0 Å². The van der Waals surface area contributed by atoms with Crippen molar-refractivity contribution >= 4 is 28.5 Å². The topological polar surface area (TPSA) is 48.1 Å². The molecule has 88 valence electrons. The van der Waals surface area contributed by atoms with Crippen LogP contribution >= 0.6 is 22.6 Å². The molecule has 2 heterocycles. The van der Waals surface area contributed by atoms with Gasteiger partial charge in [0.15, 0.2) is 0 Å². The Morgan fingerprint density at radius 2 is 2.31 bits per heavy atom. The fraction of sp³-hybridized carbons (Fsp3) is 0.545. The second-order valence-electron chi connectivity index (χ2n) is 4.21. The maximum absolute atomic E-state index is 12.2. The van der Waals surface area contributed by atoms with Gasteiger partial charge in [-0.15, -0.1) is 0 Å². The number of carbonyl (C=O) groups is 1. The molecular weight excluding hydrogens is 317 g/mol. The van der Waals surface area contributed by atoms with Gasteiger partial charge in [0.05, 0.1) is 0 Å². The second kappa shape index (κ2) is 4.75. The summed E-state index contributed by atoms with van der Waals surface area (Å²) in [7, 11) is 0. The number of halogens is 1. The van der Waals surface area contributed by atoms with E-state index in [1.807, 2.05) is 17.2 Å². The first-order chi connectivity index (χ1) is 7.59. The number of piperazine rings is 1. The van der Waals surface area contributed by atoms with E-state index in [0.29, 0.717) is 11.7 Å². The van der Waals surface area contributed by atoms with Gasteiger partial charge >= 0.3 is 0 Å². The van der Waals surface area contributed by atoms with Crippen LogP contribution in [0.25, 0.3) is 0 Å². The Hall–Kier alpha value is -0.560. The maximum atomic E-state index is 12.2. The fourth-order valence-corrected chi connectivity index (χ4v) is 2.46. The van der Waals surface area contributed by atoms with Crippen molar-refractivity contribution in [3.63, 3.8) is 0 Å². The Balaban J connectivity index is 2.15. The summed E-state index contributed by atoms with van der Waals surface area (Å²) in [6, 6.07) is 2.48. The summed E-state index contributed by atoms with van der Waals surface area (Å²) in [5, 5.41) is 3.37. The summed E-state index contributed by atoms with van der Waals surface area (Å²) in [6.45, 7) is 5.85. The van der Waals surface area contributed by atoms with Crippen molar-refractivity contribution in [3.8, 4) is 0 Å². The van der Waals surface area contributed by atoms with Crippen LogP contribution < -0.4 is 5.32 Å². The molecule has 0 radical (unpaired) electrons. The minimum atomic E-state index is 0.101. The van der Waals surface area contributed by atoms with Crippen molar-refractivity contribution in [1.29, 1.82) is 0 Å². The van der Waals surface area contributed by atoms with E-state index in [9.17, 15) is 4.79 Å². The molecule has 0 saturated carbocycles. The Morgan fingerprint density at radius 1 is 1.56 bits per heavy atom. The summed E-state index contributed by atoms with van der Waals surface area (Å²) in [4.78, 5) is 17.2. The van der Waals surface area contributed by atoms with Gasteiger partial charge in [0, 0.05) is 34.9 Å². The molecule has 0 bridgehead atoms. The van der Waals surface area contributed by atoms with E-state index in [4.69, 9.17) is 0 Å². The molecule has 2 atom stereocenters. The smallest absolute Gasteiger partial charge is 0.270 e. The molecule has 1 aliphatic rings. The number of amides is 1. The van der Waals surface area contributed by atoms with E-state index in [2.05, 4.69) is 46.7 Å². The monoisotopic (exact) mass is 333 g/mol. The zero-order chi connectivity index (χ0) is 11.7. The summed E-state index contributed by atoms with van der Waals surface area (Å²) >= 11 is 2.20. The molecule has 1 aromatic heterocycles. The largest absolute Gasteiger partial charge is 0.356 e. The van der Waals surface area contributed by atoms with Crippen LogP contribution in [0.3, 0.4) is 0 Å². The lowest BCUT2D eigenvalue weighted by atomic mass is 10.1. The van der Waals surface area contributed by atoms with Gasteiger partial charge in [-0.05, 0) is 42.5 Å². The number of H-pyrrole nitrogens is 1. The van der Waals surface area contributed by atoms with Crippen LogP contribution in [-0.4, -0.2) is 41.0 Å². The first kappa shape index (κ1) is 11.9. The number of aromatic amines is 1. The molecule has 1 aromatic rings. The van der Waals surface area contributed by atoms with Crippen LogP contribution in [0.1, 0.15) is 24.3 Å². The maximum Gasteiger partial charge on any atom is 0.270 e. The number of hydrogen-bond donors (Lipinski definition) is 2. The van der Waals surface area contributed by atoms with Crippen molar-refractivity contribution in [2.24, 2.45) is 0 Å². The van der Waals surface area contributed by atoms with Crippen LogP contribution in [0.15, 0.2) is 12.3 Å². The van der Waals surface area contributed by atoms with Crippen molar-refractivity contribution in [2.45, 2.75) is 25.9 Å². The van der Waals surface area contributed by atoms with Crippen LogP contribution in [-0.2, 0) is 0 Å². The van der Waals surface area contributed by atoms with Crippen LogP contribution in [0.4, 0.5) is 0 Å². The SMILES string of the molecule is CC1NCCN(C(=O)c2cc(I)c[nH]2)C1C. The average Bonchev–Trinajstić information content (AvgIpc) is 2.68. The van der Waals surface area contributed by atoms with E-state index in [1.54, 1.807) is 0 Å². The summed E-state index contributed by atoms with van der Waals surface area (Å²) in [5.41, 5.74) is 0.686. The first-order valence-corrected chi connectivity index (χ1v) is 6.55. The van der Waals surface area contributed by atoms with Crippen LogP contribution in [0.5, 0.6) is 0 Å². The third-order valence-corrected chi connectivity index (χ3v) is 3.80. The molecule has 1 aliphatic heterocycles. The van der Waals surface area contributed by atoms with Crippen molar-refractivity contribution in [3.05, 3.63) is 21.5 Å². The predicted octanol–water partition coefficient (Wildman–Crippen LogP) is 1.44. The number of aromatic nitrogens is 1. The Kier molecular flexibility index (Phi) is 3.53. The molecule has 2 unspecified atom stereocenters. The standard InChI is InChI=1S/C11H16IN3O/c1-7-8(2)15(4-3-13-7)11(16)10-5-9(12)6-14-10/h5-8,13-14H,3-4H2,1-2H3. The number of hydrogen-bond acceptors (Lipinski definition) is 2. The predicted molar refractivity (Wildman–Crippen MR) is 71.5 cm³/mol. The molecule has 1 amide bonds. The van der Waals surface area contributed by atoms with Gasteiger partial charge < -0.3 is 15.2 Å². The Morgan fingerprint density at radius 3 is 2.94 bits per heavy atom. The highest BCUT2D eigenvalue weighted by molar-refractivity contribution is 14.1. The van der Waals surface area contributed by atoms with Crippen molar-refractivity contribution < 1.29 is 4.79 Å². The Labute approximate surface area is 109 Å². The molecule has 2 rings (SSSR count). The highest BCUT2D eigenvalue weighted by atomic mass is 127. The van der Waals surface area contributed by atoms with Crippen LogP contribution in [0, 0.1) is 3.57 Å². The molecule has 4 nitrogen and oxygen atoms in total. The molecule has 16 heavy (non-hydrogen) atoms. The third kappa shape index (κ3) is 2.24. The number of carbonyl (C=O) groups excluding carboxylic acids is 1. The van der Waals surface area contributed by atoms with Gasteiger partial charge in [-0.2, -0.15) is 0 Å². The highest BCUT2D eigenvalue weighted by Gasteiger charge is 2.29. The molecule has 1 fully saturated rings. The average molecular weight is 333 g/mol. The van der Waals surface area contributed by atoms with Gasteiger partial charge in [-0.1, -0.05) is 0 Å². The third-order valence-electron chi connectivity index (χ3n) is 3.17. The molecule has 0 aromatic carbocycles. The molecule has 2 N–H and O–H groups in total. The first-order valence-electron chi connectivity index (χ1n) is 5.48. The van der Waals surface area contributed by atoms with Gasteiger partial charge in [0.25, 0.3) is 5.91 Å². The summed E-state index contributed by atoms with van der Waals surface area (Å²) in [6.07, 6.45) is 1.85. The van der Waals surface area contributed by atoms with Gasteiger partial charge in [0.2, 0.25) is 0 Å². The quantitative estimate of drug-likeness (QED) is 0.764. The zero-order valence-corrected chi connectivity index (χ0v) is 11.6. The zero-order valence-electron chi connectivity index (χ0n) is 9.46. The van der Waals surface area contributed by atoms with E-state index in [0.717, 1.165) is 16.7 Å². The lowest BCUT2D eigenvalue weighted by molar-refractivity contribution is 0.0597. The second-order valence-corrected chi connectivity index (χ2v) is 5.46. The minimum absolute atomic E-state index is 0.101. The summed E-state index contributed by atoms with van der Waals surface area (Å²) < 4.78 is 1.07. The molecular formula is C11H16IN3O. The van der Waals surface area contributed by atoms with Crippen molar-refractivity contribution in [2.75, 3.05) is 13.1 Å². The van der Waals surface area contributed by atoms with Gasteiger partial charge in [0.1, 0.15) is 5.69 Å². The van der Waals surface area contributed by atoms with Gasteiger partial charge in [-0.25, -0.2) is 0 Å². The lowest BCUT2D eigenvalue weighted by Gasteiger charge is -2.38. The lowest BCUT2D eigenvalue weighted by Crippen LogP contribution is -2.57. The number of nitrogens with one attached hydrogen (secondary N) is 2. The molecule has 0 spiro atoms. The molecule has 1 saturated heterocycles. The van der Waals surface area contributed by atoms with E-state index >= 15 is 0 Å². The molecule has 5 heteroatoms. The molecule has 0 aliphatic carbocycles.